The molecule has 0 radical (unpaired) electrons. The maximum atomic E-state index is 13.1. The van der Waals surface area contributed by atoms with Gasteiger partial charge in [-0.05, 0) is 36.8 Å². The van der Waals surface area contributed by atoms with Crippen LogP contribution in [0, 0.1) is 12.7 Å². The smallest absolute Gasteiger partial charge is 0.125 e. The molecule has 0 saturated carbocycles. The second-order valence-corrected chi connectivity index (χ2v) is 4.84. The largest absolute Gasteiger partial charge is 0.384 e. The standard InChI is InChI=1S/C16H16FN3/c1-11-4-2-3-5-13(11)18-9-8-16-19-14-7-6-12(17)10-15(14)20-16/h2-7,10,18H,8-9H2,1H3,(H,19,20). The first kappa shape index (κ1) is 12.7. The summed E-state index contributed by atoms with van der Waals surface area (Å²) in [5.41, 5.74) is 3.90. The molecule has 3 nitrogen and oxygen atoms in total. The van der Waals surface area contributed by atoms with Crippen LogP contribution in [0.4, 0.5) is 10.1 Å². The van der Waals surface area contributed by atoms with Crippen LogP contribution in [-0.4, -0.2) is 16.5 Å². The molecule has 1 aromatic heterocycles. The average Bonchev–Trinajstić information content (AvgIpc) is 2.83. The van der Waals surface area contributed by atoms with E-state index in [2.05, 4.69) is 34.3 Å². The zero-order valence-electron chi connectivity index (χ0n) is 11.3. The molecular weight excluding hydrogens is 253 g/mol. The van der Waals surface area contributed by atoms with Gasteiger partial charge in [-0.15, -0.1) is 0 Å². The minimum atomic E-state index is -0.245. The Morgan fingerprint density at radius 2 is 2.05 bits per heavy atom. The van der Waals surface area contributed by atoms with Crippen LogP contribution < -0.4 is 5.32 Å². The Morgan fingerprint density at radius 3 is 2.90 bits per heavy atom. The predicted molar refractivity (Wildman–Crippen MR) is 79.4 cm³/mol. The Hall–Kier alpha value is -2.36. The number of fused-ring (bicyclic) bond motifs is 1. The molecule has 0 bridgehead atoms. The molecule has 3 rings (SSSR count). The van der Waals surface area contributed by atoms with Crippen LogP contribution in [0.3, 0.4) is 0 Å². The van der Waals surface area contributed by atoms with Gasteiger partial charge in [-0.2, -0.15) is 0 Å². The number of benzene rings is 2. The van der Waals surface area contributed by atoms with Gasteiger partial charge >= 0.3 is 0 Å². The van der Waals surface area contributed by atoms with E-state index in [1.165, 1.54) is 17.7 Å². The van der Waals surface area contributed by atoms with Crippen molar-refractivity contribution in [2.24, 2.45) is 0 Å². The van der Waals surface area contributed by atoms with Crippen molar-refractivity contribution in [3.05, 3.63) is 59.7 Å². The summed E-state index contributed by atoms with van der Waals surface area (Å²) in [6.45, 7) is 2.86. The van der Waals surface area contributed by atoms with E-state index in [1.54, 1.807) is 6.07 Å². The second-order valence-electron chi connectivity index (χ2n) is 4.84. The van der Waals surface area contributed by atoms with Crippen LogP contribution in [0.15, 0.2) is 42.5 Å². The van der Waals surface area contributed by atoms with E-state index in [-0.39, 0.29) is 5.82 Å². The van der Waals surface area contributed by atoms with Crippen molar-refractivity contribution in [2.45, 2.75) is 13.3 Å². The van der Waals surface area contributed by atoms with Gasteiger partial charge in [0.05, 0.1) is 11.0 Å². The Bertz CT molecular complexity index is 733. The summed E-state index contributed by atoms with van der Waals surface area (Å²) < 4.78 is 13.1. The Balaban J connectivity index is 1.67. The molecule has 0 aliphatic carbocycles. The number of aromatic amines is 1. The molecule has 0 saturated heterocycles. The first-order chi connectivity index (χ1) is 9.72. The number of nitrogens with one attached hydrogen (secondary N) is 2. The van der Waals surface area contributed by atoms with Gasteiger partial charge < -0.3 is 10.3 Å². The van der Waals surface area contributed by atoms with Crippen molar-refractivity contribution in [3.8, 4) is 0 Å². The van der Waals surface area contributed by atoms with Crippen molar-refractivity contribution in [1.82, 2.24) is 9.97 Å². The summed E-state index contributed by atoms with van der Waals surface area (Å²) in [6.07, 6.45) is 0.768. The quantitative estimate of drug-likeness (QED) is 0.758. The molecule has 1 heterocycles. The molecule has 0 atom stereocenters. The number of hydrogen-bond donors (Lipinski definition) is 2. The van der Waals surface area contributed by atoms with E-state index in [0.29, 0.717) is 0 Å². The molecular formula is C16H16FN3. The molecule has 20 heavy (non-hydrogen) atoms. The third-order valence-electron chi connectivity index (χ3n) is 3.32. The predicted octanol–water partition coefficient (Wildman–Crippen LogP) is 3.67. The zero-order valence-corrected chi connectivity index (χ0v) is 11.3. The maximum Gasteiger partial charge on any atom is 0.125 e. The molecule has 2 aromatic carbocycles. The lowest BCUT2D eigenvalue weighted by Gasteiger charge is -2.07. The molecule has 0 spiro atoms. The number of anilines is 1. The number of nitrogens with zero attached hydrogens (tertiary/aromatic N) is 1. The summed E-state index contributed by atoms with van der Waals surface area (Å²) in [7, 11) is 0. The van der Waals surface area contributed by atoms with Crippen LogP contribution in [0.5, 0.6) is 0 Å². The molecule has 0 aliphatic heterocycles. The van der Waals surface area contributed by atoms with E-state index in [1.807, 2.05) is 12.1 Å². The Morgan fingerprint density at radius 1 is 1.20 bits per heavy atom. The molecule has 4 heteroatoms. The minimum absolute atomic E-state index is 0.245. The van der Waals surface area contributed by atoms with Crippen molar-refractivity contribution in [1.29, 1.82) is 0 Å². The van der Waals surface area contributed by atoms with Crippen LogP contribution in [0.25, 0.3) is 11.0 Å². The fourth-order valence-electron chi connectivity index (χ4n) is 2.24. The molecule has 3 aromatic rings. The summed E-state index contributed by atoms with van der Waals surface area (Å²) in [5.74, 6) is 0.623. The second kappa shape index (κ2) is 5.33. The highest BCUT2D eigenvalue weighted by molar-refractivity contribution is 5.74. The van der Waals surface area contributed by atoms with Gasteiger partial charge in [-0.3, -0.25) is 0 Å². The molecule has 0 unspecified atom stereocenters. The third kappa shape index (κ3) is 2.64. The number of H-pyrrole nitrogens is 1. The lowest BCUT2D eigenvalue weighted by molar-refractivity contribution is 0.629. The maximum absolute atomic E-state index is 13.1. The number of rotatable bonds is 4. The van der Waals surface area contributed by atoms with E-state index < -0.39 is 0 Å². The number of hydrogen-bond acceptors (Lipinski definition) is 2. The normalized spacial score (nSPS) is 10.9. The Kier molecular flexibility index (Phi) is 3.37. The van der Waals surface area contributed by atoms with Crippen LogP contribution in [-0.2, 0) is 6.42 Å². The average molecular weight is 269 g/mol. The van der Waals surface area contributed by atoms with Crippen molar-refractivity contribution >= 4 is 16.7 Å². The van der Waals surface area contributed by atoms with Crippen LogP contribution >= 0.6 is 0 Å². The summed E-state index contributed by atoms with van der Waals surface area (Å²) in [6, 6.07) is 12.8. The number of para-hydroxylation sites is 1. The fraction of sp³-hybridized carbons (Fsp3) is 0.188. The van der Waals surface area contributed by atoms with E-state index in [4.69, 9.17) is 0 Å². The Labute approximate surface area is 116 Å². The van der Waals surface area contributed by atoms with E-state index in [9.17, 15) is 4.39 Å². The van der Waals surface area contributed by atoms with Gasteiger partial charge in [0.1, 0.15) is 11.6 Å². The van der Waals surface area contributed by atoms with Gasteiger partial charge in [0.15, 0.2) is 0 Å². The lowest BCUT2D eigenvalue weighted by Crippen LogP contribution is -2.06. The van der Waals surface area contributed by atoms with Gasteiger partial charge in [-0.1, -0.05) is 18.2 Å². The van der Waals surface area contributed by atoms with Gasteiger partial charge in [0.2, 0.25) is 0 Å². The molecule has 0 aliphatic rings. The molecule has 0 fully saturated rings. The molecule has 0 amide bonds. The summed E-state index contributed by atoms with van der Waals surface area (Å²) in [5, 5.41) is 3.38. The van der Waals surface area contributed by atoms with Crippen molar-refractivity contribution in [2.75, 3.05) is 11.9 Å². The van der Waals surface area contributed by atoms with E-state index in [0.717, 1.165) is 35.5 Å². The monoisotopic (exact) mass is 269 g/mol. The van der Waals surface area contributed by atoms with Gasteiger partial charge in [-0.25, -0.2) is 9.37 Å². The number of aromatic nitrogens is 2. The zero-order chi connectivity index (χ0) is 13.9. The topological polar surface area (TPSA) is 40.7 Å². The molecule has 102 valence electrons. The number of imidazole rings is 1. The van der Waals surface area contributed by atoms with Crippen molar-refractivity contribution < 1.29 is 4.39 Å². The molecule has 2 N–H and O–H groups in total. The first-order valence-electron chi connectivity index (χ1n) is 6.66. The third-order valence-corrected chi connectivity index (χ3v) is 3.32. The highest BCUT2D eigenvalue weighted by Crippen LogP contribution is 2.15. The number of halogens is 1. The van der Waals surface area contributed by atoms with Gasteiger partial charge in [0.25, 0.3) is 0 Å². The van der Waals surface area contributed by atoms with Crippen LogP contribution in [0.2, 0.25) is 0 Å². The highest BCUT2D eigenvalue weighted by atomic mass is 19.1. The van der Waals surface area contributed by atoms with Gasteiger partial charge in [0, 0.05) is 18.7 Å². The first-order valence-corrected chi connectivity index (χ1v) is 6.66. The minimum Gasteiger partial charge on any atom is -0.384 e. The fourth-order valence-corrected chi connectivity index (χ4v) is 2.24. The van der Waals surface area contributed by atoms with Crippen molar-refractivity contribution in [3.63, 3.8) is 0 Å². The summed E-state index contributed by atoms with van der Waals surface area (Å²) in [4.78, 5) is 7.59. The lowest BCUT2D eigenvalue weighted by atomic mass is 10.2. The highest BCUT2D eigenvalue weighted by Gasteiger charge is 2.04. The summed E-state index contributed by atoms with van der Waals surface area (Å²) >= 11 is 0. The van der Waals surface area contributed by atoms with Crippen LogP contribution in [0.1, 0.15) is 11.4 Å². The number of aryl methyl sites for hydroxylation is 1. The SMILES string of the molecule is Cc1ccccc1NCCc1nc2ccc(F)cc2[nH]1. The van der Waals surface area contributed by atoms with E-state index >= 15 is 0 Å².